The number of nitrogens with zero attached hydrogens (tertiary/aromatic N) is 1. The Labute approximate surface area is 197 Å². The topological polar surface area (TPSA) is 61.4 Å². The molecule has 0 bridgehead atoms. The van der Waals surface area contributed by atoms with Crippen LogP contribution in [0.1, 0.15) is 43.4 Å². The lowest BCUT2D eigenvalue weighted by Gasteiger charge is -2.37. The van der Waals surface area contributed by atoms with Gasteiger partial charge in [-0.2, -0.15) is 0 Å². The number of rotatable bonds is 8. The van der Waals surface area contributed by atoms with Gasteiger partial charge in [0.25, 0.3) is 0 Å². The molecule has 1 aliphatic carbocycles. The van der Waals surface area contributed by atoms with Gasteiger partial charge in [-0.25, -0.2) is 0 Å². The van der Waals surface area contributed by atoms with Gasteiger partial charge in [0.05, 0.1) is 11.8 Å². The zero-order valence-electron chi connectivity index (χ0n) is 20.0. The molecule has 1 heterocycles. The molecule has 2 aromatic rings. The van der Waals surface area contributed by atoms with Crippen LogP contribution < -0.4 is 10.6 Å². The number of hydrogen-bond acceptors (Lipinski definition) is 3. The van der Waals surface area contributed by atoms with Gasteiger partial charge in [0.2, 0.25) is 11.8 Å². The number of hydrogen-bond donors (Lipinski definition) is 2. The smallest absolute Gasteiger partial charge is 0.228 e. The fourth-order valence-corrected chi connectivity index (χ4v) is 5.25. The van der Waals surface area contributed by atoms with Crippen molar-refractivity contribution in [3.8, 4) is 0 Å². The molecule has 2 N–H and O–H groups in total. The highest BCUT2D eigenvalue weighted by atomic mass is 16.2. The number of anilines is 1. The number of carbonyl (C=O) groups is 2. The summed E-state index contributed by atoms with van der Waals surface area (Å²) in [5.74, 6) is 0.239. The predicted octanol–water partition coefficient (Wildman–Crippen LogP) is 4.07. The molecule has 1 saturated heterocycles. The van der Waals surface area contributed by atoms with Crippen LogP contribution in [0.15, 0.2) is 48.5 Å². The van der Waals surface area contributed by atoms with E-state index < -0.39 is 0 Å². The fraction of sp³-hybridized carbons (Fsp3) is 0.500. The zero-order valence-corrected chi connectivity index (χ0v) is 20.0. The Hall–Kier alpha value is -2.66. The van der Waals surface area contributed by atoms with E-state index in [2.05, 4.69) is 53.6 Å². The second-order valence-electron chi connectivity index (χ2n) is 10.1. The Balaban J connectivity index is 1.37. The normalized spacial score (nSPS) is 20.5. The number of piperidine rings is 1. The number of fused-ring (bicyclic) bond motifs is 1. The standard InChI is InChI=1S/C28H37N3O2/c1-20(2)17-31-18-24(27(32)29-14-13-21-7-4-3-5-8-21)15-25(19-31)28(33)30-26-12-11-22-9-6-10-23(22)16-26/h3-5,7-8,11-12,16,20,24-25H,6,9-10,13-15,17-19H2,1-2H3,(H,29,32)(H,30,33)/t24-,25+/m0/s1. The summed E-state index contributed by atoms with van der Waals surface area (Å²) in [6, 6.07) is 16.5. The summed E-state index contributed by atoms with van der Waals surface area (Å²) in [6.07, 6.45) is 4.84. The third-order valence-corrected chi connectivity index (χ3v) is 6.81. The SMILES string of the molecule is CC(C)CN1C[C@@H](C(=O)NCCc2ccccc2)C[C@@H](C(=O)Nc2ccc3c(c2)CCC3)C1. The van der Waals surface area contributed by atoms with Crippen LogP contribution in [0.25, 0.3) is 0 Å². The molecule has 2 aliphatic rings. The number of benzene rings is 2. The van der Waals surface area contributed by atoms with Crippen molar-refractivity contribution in [2.24, 2.45) is 17.8 Å². The molecular formula is C28H37N3O2. The first-order valence-corrected chi connectivity index (χ1v) is 12.4. The van der Waals surface area contributed by atoms with Crippen molar-refractivity contribution in [2.45, 2.75) is 46.0 Å². The number of nitrogens with one attached hydrogen (secondary N) is 2. The molecule has 33 heavy (non-hydrogen) atoms. The Morgan fingerprint density at radius 1 is 0.970 bits per heavy atom. The Morgan fingerprint density at radius 3 is 2.45 bits per heavy atom. The first-order valence-electron chi connectivity index (χ1n) is 12.4. The molecule has 5 heteroatoms. The molecule has 0 radical (unpaired) electrons. The van der Waals surface area contributed by atoms with E-state index in [-0.39, 0.29) is 23.7 Å². The van der Waals surface area contributed by atoms with Crippen molar-refractivity contribution < 1.29 is 9.59 Å². The molecule has 5 nitrogen and oxygen atoms in total. The van der Waals surface area contributed by atoms with Crippen LogP contribution in [-0.2, 0) is 28.9 Å². The van der Waals surface area contributed by atoms with Crippen LogP contribution in [0, 0.1) is 17.8 Å². The lowest BCUT2D eigenvalue weighted by molar-refractivity contribution is -0.130. The largest absolute Gasteiger partial charge is 0.355 e. The van der Waals surface area contributed by atoms with Gasteiger partial charge < -0.3 is 15.5 Å². The van der Waals surface area contributed by atoms with Crippen LogP contribution in [0.5, 0.6) is 0 Å². The summed E-state index contributed by atoms with van der Waals surface area (Å²) in [7, 11) is 0. The van der Waals surface area contributed by atoms with Gasteiger partial charge in [-0.3, -0.25) is 9.59 Å². The molecule has 4 rings (SSSR count). The zero-order chi connectivity index (χ0) is 23.2. The van der Waals surface area contributed by atoms with Crippen molar-refractivity contribution >= 4 is 17.5 Å². The minimum Gasteiger partial charge on any atom is -0.355 e. The Bertz CT molecular complexity index is 957. The summed E-state index contributed by atoms with van der Waals surface area (Å²) < 4.78 is 0. The van der Waals surface area contributed by atoms with Crippen molar-refractivity contribution in [3.63, 3.8) is 0 Å². The number of carbonyl (C=O) groups excluding carboxylic acids is 2. The Morgan fingerprint density at radius 2 is 1.70 bits per heavy atom. The lowest BCUT2D eigenvalue weighted by atomic mass is 9.87. The van der Waals surface area contributed by atoms with Gasteiger partial charge in [0.15, 0.2) is 0 Å². The molecule has 0 saturated carbocycles. The molecule has 1 fully saturated rings. The van der Waals surface area contributed by atoms with Gasteiger partial charge in [-0.05, 0) is 66.8 Å². The molecule has 0 aromatic heterocycles. The van der Waals surface area contributed by atoms with Gasteiger partial charge in [0, 0.05) is 31.9 Å². The first-order chi connectivity index (χ1) is 16.0. The van der Waals surface area contributed by atoms with E-state index >= 15 is 0 Å². The maximum Gasteiger partial charge on any atom is 0.228 e. The molecule has 0 unspecified atom stereocenters. The van der Waals surface area contributed by atoms with Crippen LogP contribution in [-0.4, -0.2) is 42.9 Å². The van der Waals surface area contributed by atoms with E-state index in [9.17, 15) is 9.59 Å². The second-order valence-corrected chi connectivity index (χ2v) is 10.1. The Kier molecular flexibility index (Phi) is 7.81. The third-order valence-electron chi connectivity index (χ3n) is 6.81. The molecular weight excluding hydrogens is 410 g/mol. The van der Waals surface area contributed by atoms with Gasteiger partial charge in [-0.1, -0.05) is 50.2 Å². The average molecular weight is 448 g/mol. The van der Waals surface area contributed by atoms with Crippen molar-refractivity contribution in [1.29, 1.82) is 0 Å². The van der Waals surface area contributed by atoms with Gasteiger partial charge in [0.1, 0.15) is 0 Å². The molecule has 2 atom stereocenters. The summed E-state index contributed by atoms with van der Waals surface area (Å²) in [5.41, 5.74) is 4.86. The molecule has 0 spiro atoms. The van der Waals surface area contributed by atoms with Crippen LogP contribution in [0.3, 0.4) is 0 Å². The molecule has 176 valence electrons. The quantitative estimate of drug-likeness (QED) is 0.641. The van der Waals surface area contributed by atoms with Crippen LogP contribution in [0.2, 0.25) is 0 Å². The fourth-order valence-electron chi connectivity index (χ4n) is 5.25. The predicted molar refractivity (Wildman–Crippen MR) is 133 cm³/mol. The van der Waals surface area contributed by atoms with Crippen molar-refractivity contribution in [1.82, 2.24) is 10.2 Å². The number of aryl methyl sites for hydroxylation is 2. The minimum absolute atomic E-state index is 0.0310. The average Bonchev–Trinajstić information content (AvgIpc) is 3.27. The minimum atomic E-state index is -0.185. The molecule has 2 aromatic carbocycles. The molecule has 2 amide bonds. The van der Waals surface area contributed by atoms with E-state index in [0.29, 0.717) is 25.4 Å². The highest BCUT2D eigenvalue weighted by Gasteiger charge is 2.35. The van der Waals surface area contributed by atoms with Crippen molar-refractivity contribution in [3.05, 3.63) is 65.2 Å². The summed E-state index contributed by atoms with van der Waals surface area (Å²) >= 11 is 0. The van der Waals surface area contributed by atoms with Gasteiger partial charge >= 0.3 is 0 Å². The maximum absolute atomic E-state index is 13.2. The highest BCUT2D eigenvalue weighted by molar-refractivity contribution is 5.93. The lowest BCUT2D eigenvalue weighted by Crippen LogP contribution is -2.50. The van der Waals surface area contributed by atoms with E-state index in [1.54, 1.807) is 0 Å². The van der Waals surface area contributed by atoms with Crippen molar-refractivity contribution in [2.75, 3.05) is 31.5 Å². The summed E-state index contributed by atoms with van der Waals surface area (Å²) in [5, 5.41) is 6.26. The van der Waals surface area contributed by atoms with E-state index in [4.69, 9.17) is 0 Å². The van der Waals surface area contributed by atoms with Gasteiger partial charge in [-0.15, -0.1) is 0 Å². The van der Waals surface area contributed by atoms with E-state index in [1.165, 1.54) is 23.1 Å². The third kappa shape index (κ3) is 6.44. The maximum atomic E-state index is 13.2. The van der Waals surface area contributed by atoms with Crippen LogP contribution >= 0.6 is 0 Å². The van der Waals surface area contributed by atoms with Crippen LogP contribution in [0.4, 0.5) is 5.69 Å². The van der Waals surface area contributed by atoms with E-state index in [1.807, 2.05) is 24.3 Å². The summed E-state index contributed by atoms with van der Waals surface area (Å²) in [4.78, 5) is 28.5. The number of amides is 2. The second kappa shape index (κ2) is 11.0. The monoisotopic (exact) mass is 447 g/mol. The number of likely N-dealkylation sites (tertiary alicyclic amines) is 1. The molecule has 1 aliphatic heterocycles. The first kappa shape index (κ1) is 23.5. The summed E-state index contributed by atoms with van der Waals surface area (Å²) in [6.45, 7) is 7.32. The van der Waals surface area contributed by atoms with E-state index in [0.717, 1.165) is 38.0 Å². The highest BCUT2D eigenvalue weighted by Crippen LogP contribution is 2.27.